The van der Waals surface area contributed by atoms with Crippen LogP contribution in [0.15, 0.2) is 18.2 Å². The van der Waals surface area contributed by atoms with Gasteiger partial charge in [-0.1, -0.05) is 20.8 Å². The van der Waals surface area contributed by atoms with E-state index in [9.17, 15) is 9.59 Å². The Morgan fingerprint density at radius 3 is 2.67 bits per heavy atom. The zero-order chi connectivity index (χ0) is 19.6. The number of carbonyl (C=O) groups excluding carboxylic acids is 2. The molecule has 1 fully saturated rings. The van der Waals surface area contributed by atoms with E-state index in [2.05, 4.69) is 11.9 Å². The van der Waals surface area contributed by atoms with E-state index in [0.29, 0.717) is 23.0 Å². The number of ether oxygens (including phenoxy) is 1. The molecule has 1 heterocycles. The van der Waals surface area contributed by atoms with Gasteiger partial charge in [-0.3, -0.25) is 9.59 Å². The summed E-state index contributed by atoms with van der Waals surface area (Å²) in [6, 6.07) is 5.50. The molecule has 1 aliphatic rings. The maximum atomic E-state index is 13.0. The Morgan fingerprint density at radius 2 is 2.07 bits per heavy atom. The van der Waals surface area contributed by atoms with Crippen LogP contribution in [0.4, 0.5) is 0 Å². The highest BCUT2D eigenvalue weighted by molar-refractivity contribution is 5.98. The maximum absolute atomic E-state index is 13.0. The molecule has 1 aromatic heterocycles. The van der Waals surface area contributed by atoms with Crippen LogP contribution in [-0.4, -0.2) is 46.3 Å². The molecule has 0 unspecified atom stereocenters. The third-order valence-corrected chi connectivity index (χ3v) is 5.02. The second-order valence-electron chi connectivity index (χ2n) is 7.68. The van der Waals surface area contributed by atoms with E-state index in [1.54, 1.807) is 11.7 Å². The predicted octanol–water partition coefficient (Wildman–Crippen LogP) is 3.53. The van der Waals surface area contributed by atoms with Gasteiger partial charge < -0.3 is 14.2 Å². The van der Waals surface area contributed by atoms with Crippen LogP contribution in [0.5, 0.6) is 5.75 Å². The largest absolute Gasteiger partial charge is 0.497 e. The predicted molar refractivity (Wildman–Crippen MR) is 105 cm³/mol. The molecular formula is C21H29N3O3. The van der Waals surface area contributed by atoms with Crippen molar-refractivity contribution in [2.24, 2.45) is 11.8 Å². The van der Waals surface area contributed by atoms with Crippen LogP contribution in [0.25, 0.3) is 11.0 Å². The summed E-state index contributed by atoms with van der Waals surface area (Å²) in [5, 5.41) is 0. The quantitative estimate of drug-likeness (QED) is 0.633. The second kappa shape index (κ2) is 8.11. The van der Waals surface area contributed by atoms with Crippen molar-refractivity contribution >= 4 is 22.7 Å². The summed E-state index contributed by atoms with van der Waals surface area (Å²) in [5.41, 5.74) is 1.46. The van der Waals surface area contributed by atoms with Crippen molar-refractivity contribution in [3.05, 3.63) is 24.0 Å². The summed E-state index contributed by atoms with van der Waals surface area (Å²) in [4.78, 5) is 32.2. The van der Waals surface area contributed by atoms with Gasteiger partial charge in [0.15, 0.2) is 5.82 Å². The fraction of sp³-hybridized carbons (Fsp3) is 0.571. The smallest absolute Gasteiger partial charge is 0.242 e. The number of imidazole rings is 1. The van der Waals surface area contributed by atoms with Gasteiger partial charge in [0.25, 0.3) is 0 Å². The molecule has 146 valence electrons. The number of benzene rings is 1. The minimum absolute atomic E-state index is 0.0451. The molecule has 0 N–H and O–H groups in total. The van der Waals surface area contributed by atoms with E-state index in [0.717, 1.165) is 25.0 Å². The Bertz CT molecular complexity index is 837. The molecule has 1 aromatic carbocycles. The lowest BCUT2D eigenvalue weighted by Crippen LogP contribution is -2.36. The van der Waals surface area contributed by atoms with Crippen LogP contribution in [0, 0.1) is 11.8 Å². The Morgan fingerprint density at radius 1 is 1.33 bits per heavy atom. The molecule has 3 rings (SSSR count). The third-order valence-electron chi connectivity index (χ3n) is 5.02. The molecule has 0 aliphatic heterocycles. The monoisotopic (exact) mass is 371 g/mol. The first-order valence-electron chi connectivity index (χ1n) is 9.80. The third kappa shape index (κ3) is 4.31. The number of rotatable bonds is 9. The zero-order valence-corrected chi connectivity index (χ0v) is 16.7. The van der Waals surface area contributed by atoms with Gasteiger partial charge in [-0.2, -0.15) is 0 Å². The number of carbonyl (C=O) groups is 2. The van der Waals surface area contributed by atoms with Crippen molar-refractivity contribution in [1.29, 1.82) is 0 Å². The van der Waals surface area contributed by atoms with Gasteiger partial charge >= 0.3 is 0 Å². The second-order valence-corrected chi connectivity index (χ2v) is 7.68. The van der Waals surface area contributed by atoms with Gasteiger partial charge in [0.05, 0.1) is 18.1 Å². The number of hydrogen-bond acceptors (Lipinski definition) is 4. The highest BCUT2D eigenvalue weighted by Gasteiger charge is 2.28. The van der Waals surface area contributed by atoms with Gasteiger partial charge in [-0.15, -0.1) is 0 Å². The first-order chi connectivity index (χ1) is 12.9. The lowest BCUT2D eigenvalue weighted by Gasteiger charge is -2.23. The van der Waals surface area contributed by atoms with Crippen LogP contribution in [0.1, 0.15) is 50.7 Å². The minimum atomic E-state index is -0.184. The number of methoxy groups -OCH3 is 1. The van der Waals surface area contributed by atoms with E-state index >= 15 is 0 Å². The Labute approximate surface area is 160 Å². The Balaban J connectivity index is 1.97. The molecule has 1 amide bonds. The molecule has 0 saturated heterocycles. The fourth-order valence-electron chi connectivity index (χ4n) is 3.27. The highest BCUT2D eigenvalue weighted by Crippen LogP contribution is 2.30. The molecule has 0 bridgehead atoms. The van der Waals surface area contributed by atoms with Crippen molar-refractivity contribution < 1.29 is 14.3 Å². The van der Waals surface area contributed by atoms with Crippen molar-refractivity contribution in [3.8, 4) is 5.75 Å². The maximum Gasteiger partial charge on any atom is 0.242 e. The lowest BCUT2D eigenvalue weighted by atomic mass is 10.1. The minimum Gasteiger partial charge on any atom is -0.497 e. The van der Waals surface area contributed by atoms with Crippen molar-refractivity contribution in [3.63, 3.8) is 0 Å². The number of nitrogens with zero attached hydrogens (tertiary/aromatic N) is 3. The molecule has 0 spiro atoms. The van der Waals surface area contributed by atoms with Crippen LogP contribution < -0.4 is 4.74 Å². The standard InChI is InChI=1S/C21H29N3O3/c1-5-10-23(12-15-6-7-15)19(25)13-24-18-11-16(27-4)8-9-17(18)22-21(24)20(26)14(2)3/h8-9,11,14-15H,5-7,10,12-13H2,1-4H3. The highest BCUT2D eigenvalue weighted by atomic mass is 16.5. The first kappa shape index (κ1) is 19.4. The number of amides is 1. The normalized spacial score (nSPS) is 14.0. The van der Waals surface area contributed by atoms with Gasteiger partial charge in [-0.05, 0) is 37.3 Å². The molecule has 1 aliphatic carbocycles. The molecule has 6 heteroatoms. The summed E-state index contributed by atoms with van der Waals surface area (Å²) in [6.45, 7) is 7.48. The van der Waals surface area contributed by atoms with E-state index in [4.69, 9.17) is 4.74 Å². The van der Waals surface area contributed by atoms with Crippen molar-refractivity contribution in [1.82, 2.24) is 14.5 Å². The van der Waals surface area contributed by atoms with Crippen LogP contribution in [0.3, 0.4) is 0 Å². The Hall–Kier alpha value is -2.37. The van der Waals surface area contributed by atoms with Gasteiger partial charge in [-0.25, -0.2) is 4.98 Å². The van der Waals surface area contributed by atoms with Gasteiger partial charge in [0.2, 0.25) is 11.7 Å². The summed E-state index contributed by atoms with van der Waals surface area (Å²) in [7, 11) is 1.60. The Kier molecular flexibility index (Phi) is 5.82. The summed E-state index contributed by atoms with van der Waals surface area (Å²) in [6.07, 6.45) is 3.33. The van der Waals surface area contributed by atoms with E-state index in [1.165, 1.54) is 12.8 Å². The number of aromatic nitrogens is 2. The molecule has 6 nitrogen and oxygen atoms in total. The van der Waals surface area contributed by atoms with E-state index < -0.39 is 0 Å². The molecule has 0 radical (unpaired) electrons. The summed E-state index contributed by atoms with van der Waals surface area (Å²) in [5.74, 6) is 1.48. The number of fused-ring (bicyclic) bond motifs is 1. The number of hydrogen-bond donors (Lipinski definition) is 0. The SMILES string of the molecule is CCCN(CC1CC1)C(=O)Cn1c(C(=O)C(C)C)nc2ccc(OC)cc21. The van der Waals surface area contributed by atoms with Crippen LogP contribution >= 0.6 is 0 Å². The molecule has 0 atom stereocenters. The number of ketones is 1. The van der Waals surface area contributed by atoms with Crippen LogP contribution in [0.2, 0.25) is 0 Å². The van der Waals surface area contributed by atoms with Crippen molar-refractivity contribution in [2.45, 2.75) is 46.6 Å². The van der Waals surface area contributed by atoms with E-state index in [-0.39, 0.29) is 24.2 Å². The van der Waals surface area contributed by atoms with Gasteiger partial charge in [0.1, 0.15) is 12.3 Å². The first-order valence-corrected chi connectivity index (χ1v) is 9.80. The molecule has 2 aromatic rings. The molecular weight excluding hydrogens is 342 g/mol. The molecule has 1 saturated carbocycles. The number of Topliss-reactive ketones (excluding diaryl/α,β-unsaturated/α-hetero) is 1. The molecule has 27 heavy (non-hydrogen) atoms. The summed E-state index contributed by atoms with van der Waals surface area (Å²) < 4.78 is 7.09. The lowest BCUT2D eigenvalue weighted by molar-refractivity contribution is -0.132. The zero-order valence-electron chi connectivity index (χ0n) is 16.7. The average molecular weight is 371 g/mol. The summed E-state index contributed by atoms with van der Waals surface area (Å²) >= 11 is 0. The topological polar surface area (TPSA) is 64.4 Å². The van der Waals surface area contributed by atoms with Crippen molar-refractivity contribution in [2.75, 3.05) is 20.2 Å². The van der Waals surface area contributed by atoms with Gasteiger partial charge in [0, 0.05) is 25.1 Å². The fourth-order valence-corrected chi connectivity index (χ4v) is 3.27. The average Bonchev–Trinajstić information content (AvgIpc) is 3.41. The van der Waals surface area contributed by atoms with E-state index in [1.807, 2.05) is 36.9 Å². The van der Waals surface area contributed by atoms with Crippen LogP contribution in [-0.2, 0) is 11.3 Å².